The van der Waals surface area contributed by atoms with E-state index in [0.29, 0.717) is 16.7 Å². The molecule has 3 amide bonds. The summed E-state index contributed by atoms with van der Waals surface area (Å²) in [7, 11) is 3.84. The molecule has 0 fully saturated rings. The zero-order chi connectivity index (χ0) is 20.8. The molecule has 0 spiro atoms. The highest BCUT2D eigenvalue weighted by molar-refractivity contribution is 7.99. The number of aromatic nitrogens is 3. The van der Waals surface area contributed by atoms with Gasteiger partial charge in [-0.2, -0.15) is 0 Å². The molecule has 2 aromatic rings. The summed E-state index contributed by atoms with van der Waals surface area (Å²) in [6, 6.07) is 5.31. The third-order valence-corrected chi connectivity index (χ3v) is 4.83. The zero-order valence-corrected chi connectivity index (χ0v) is 17.4. The van der Waals surface area contributed by atoms with Gasteiger partial charge in [0, 0.05) is 11.7 Å². The van der Waals surface area contributed by atoms with Crippen molar-refractivity contribution < 1.29 is 14.0 Å². The summed E-state index contributed by atoms with van der Waals surface area (Å²) in [5.74, 6) is -0.138. The Morgan fingerprint density at radius 2 is 1.82 bits per heavy atom. The number of carbonyl (C=O) groups is 2. The van der Waals surface area contributed by atoms with Crippen molar-refractivity contribution >= 4 is 23.7 Å². The second-order valence-corrected chi connectivity index (χ2v) is 7.70. The molecule has 0 radical (unpaired) electrons. The molecule has 8 nitrogen and oxygen atoms in total. The first-order valence-electron chi connectivity index (χ1n) is 8.80. The number of nitrogens with zero attached hydrogens (tertiary/aromatic N) is 4. The van der Waals surface area contributed by atoms with Crippen LogP contribution in [-0.2, 0) is 4.79 Å². The summed E-state index contributed by atoms with van der Waals surface area (Å²) in [6.45, 7) is 5.58. The molecule has 152 valence electrons. The van der Waals surface area contributed by atoms with Gasteiger partial charge >= 0.3 is 6.03 Å². The number of nitrogens with one attached hydrogen (secondary N) is 2. The Labute approximate surface area is 167 Å². The van der Waals surface area contributed by atoms with Gasteiger partial charge < -0.3 is 5.32 Å². The first-order valence-corrected chi connectivity index (χ1v) is 9.78. The maximum absolute atomic E-state index is 13.3. The van der Waals surface area contributed by atoms with Crippen LogP contribution in [0.4, 0.5) is 9.18 Å². The van der Waals surface area contributed by atoms with E-state index in [2.05, 4.69) is 20.8 Å². The van der Waals surface area contributed by atoms with E-state index < -0.39 is 11.9 Å². The van der Waals surface area contributed by atoms with Crippen LogP contribution in [0.15, 0.2) is 29.4 Å². The highest BCUT2D eigenvalue weighted by atomic mass is 32.2. The number of halogens is 1. The number of hydrogen-bond acceptors (Lipinski definition) is 6. The molecule has 0 saturated heterocycles. The maximum atomic E-state index is 13.3. The van der Waals surface area contributed by atoms with Gasteiger partial charge in [0.1, 0.15) is 5.82 Å². The Morgan fingerprint density at radius 3 is 2.39 bits per heavy atom. The summed E-state index contributed by atoms with van der Waals surface area (Å²) >= 11 is 1.15. The van der Waals surface area contributed by atoms with Gasteiger partial charge in [0.05, 0.1) is 11.8 Å². The maximum Gasteiger partial charge on any atom is 0.321 e. The third kappa shape index (κ3) is 5.77. The monoisotopic (exact) mass is 408 g/mol. The van der Waals surface area contributed by atoms with E-state index in [0.717, 1.165) is 11.8 Å². The van der Waals surface area contributed by atoms with Crippen molar-refractivity contribution in [1.29, 1.82) is 0 Å². The molecular weight excluding hydrogens is 383 g/mol. The molecule has 10 heteroatoms. The van der Waals surface area contributed by atoms with Crippen LogP contribution in [0.3, 0.4) is 0 Å². The SMILES string of the molecule is CC(C)NC(=O)NC(=O)CSc1nnc([C@@H](C)N(C)C)n1-c1ccc(F)cc1. The summed E-state index contributed by atoms with van der Waals surface area (Å²) in [4.78, 5) is 25.7. The van der Waals surface area contributed by atoms with Gasteiger partial charge in [0.2, 0.25) is 5.91 Å². The van der Waals surface area contributed by atoms with E-state index in [1.165, 1.54) is 12.1 Å². The molecule has 1 aromatic carbocycles. The summed E-state index contributed by atoms with van der Waals surface area (Å²) < 4.78 is 15.1. The minimum Gasteiger partial charge on any atom is -0.336 e. The molecule has 2 N–H and O–H groups in total. The number of imide groups is 1. The van der Waals surface area contributed by atoms with Crippen LogP contribution in [0.2, 0.25) is 0 Å². The summed E-state index contributed by atoms with van der Waals surface area (Å²) in [6.07, 6.45) is 0. The van der Waals surface area contributed by atoms with Crippen LogP contribution in [0, 0.1) is 5.82 Å². The van der Waals surface area contributed by atoms with Crippen LogP contribution in [-0.4, -0.2) is 57.5 Å². The Morgan fingerprint density at radius 1 is 1.18 bits per heavy atom. The summed E-state index contributed by atoms with van der Waals surface area (Å²) in [5.41, 5.74) is 0.690. The lowest BCUT2D eigenvalue weighted by Crippen LogP contribution is -2.43. The van der Waals surface area contributed by atoms with Gasteiger partial charge in [-0.3, -0.25) is 19.6 Å². The Bertz CT molecular complexity index is 822. The van der Waals surface area contributed by atoms with Crippen molar-refractivity contribution in [3.63, 3.8) is 0 Å². The average molecular weight is 409 g/mol. The first-order chi connectivity index (χ1) is 13.2. The van der Waals surface area contributed by atoms with Crippen LogP contribution in [0.25, 0.3) is 5.69 Å². The highest BCUT2D eigenvalue weighted by Gasteiger charge is 2.22. The van der Waals surface area contributed by atoms with Crippen LogP contribution in [0.1, 0.15) is 32.6 Å². The fourth-order valence-corrected chi connectivity index (χ4v) is 3.06. The van der Waals surface area contributed by atoms with E-state index >= 15 is 0 Å². The van der Waals surface area contributed by atoms with Crippen molar-refractivity contribution in [2.24, 2.45) is 0 Å². The number of hydrogen-bond donors (Lipinski definition) is 2. The van der Waals surface area contributed by atoms with Gasteiger partial charge in [-0.1, -0.05) is 11.8 Å². The van der Waals surface area contributed by atoms with E-state index in [9.17, 15) is 14.0 Å². The molecule has 2 rings (SSSR count). The van der Waals surface area contributed by atoms with E-state index in [-0.39, 0.29) is 23.7 Å². The molecule has 0 saturated carbocycles. The number of thioether (sulfide) groups is 1. The average Bonchev–Trinajstić information content (AvgIpc) is 3.02. The largest absolute Gasteiger partial charge is 0.336 e. The number of amides is 3. The van der Waals surface area contributed by atoms with Crippen LogP contribution >= 0.6 is 11.8 Å². The second-order valence-electron chi connectivity index (χ2n) is 6.76. The van der Waals surface area contributed by atoms with Gasteiger partial charge in [0.25, 0.3) is 0 Å². The number of benzene rings is 1. The lowest BCUT2D eigenvalue weighted by atomic mass is 10.2. The minimum absolute atomic E-state index is 0.0127. The molecule has 1 atom stereocenters. The first kappa shape index (κ1) is 21.8. The van der Waals surface area contributed by atoms with Gasteiger partial charge in [-0.25, -0.2) is 9.18 Å². The topological polar surface area (TPSA) is 92.2 Å². The van der Waals surface area contributed by atoms with Crippen molar-refractivity contribution in [1.82, 2.24) is 30.3 Å². The number of rotatable bonds is 7. The van der Waals surface area contributed by atoms with Crippen molar-refractivity contribution in [2.75, 3.05) is 19.8 Å². The van der Waals surface area contributed by atoms with Gasteiger partial charge in [-0.05, 0) is 59.1 Å². The van der Waals surface area contributed by atoms with Gasteiger partial charge in [0.15, 0.2) is 11.0 Å². The fourth-order valence-electron chi connectivity index (χ4n) is 2.30. The quantitative estimate of drug-likeness (QED) is 0.684. The number of urea groups is 1. The van der Waals surface area contributed by atoms with E-state index in [1.54, 1.807) is 30.5 Å². The molecule has 0 aliphatic rings. The molecule has 0 aliphatic heterocycles. The molecule has 1 aromatic heterocycles. The Balaban J connectivity index is 2.21. The van der Waals surface area contributed by atoms with Crippen LogP contribution < -0.4 is 10.6 Å². The van der Waals surface area contributed by atoms with Crippen LogP contribution in [0.5, 0.6) is 0 Å². The van der Waals surface area contributed by atoms with E-state index in [1.807, 2.05) is 25.9 Å². The summed E-state index contributed by atoms with van der Waals surface area (Å²) in [5, 5.41) is 13.8. The number of carbonyl (C=O) groups excluding carboxylic acids is 2. The Kier molecular flexibility index (Phi) is 7.53. The van der Waals surface area contributed by atoms with Gasteiger partial charge in [-0.15, -0.1) is 10.2 Å². The predicted molar refractivity (Wildman–Crippen MR) is 106 cm³/mol. The lowest BCUT2D eigenvalue weighted by Gasteiger charge is -2.20. The van der Waals surface area contributed by atoms with Crippen molar-refractivity contribution in [3.8, 4) is 5.69 Å². The lowest BCUT2D eigenvalue weighted by molar-refractivity contribution is -0.117. The Hall–Kier alpha value is -2.46. The molecular formula is C18H25FN6O2S. The minimum atomic E-state index is -0.539. The van der Waals surface area contributed by atoms with Crippen molar-refractivity contribution in [3.05, 3.63) is 35.9 Å². The third-order valence-electron chi connectivity index (χ3n) is 3.90. The molecule has 28 heavy (non-hydrogen) atoms. The molecule has 0 unspecified atom stereocenters. The smallest absolute Gasteiger partial charge is 0.321 e. The fraction of sp³-hybridized carbons (Fsp3) is 0.444. The highest BCUT2D eigenvalue weighted by Crippen LogP contribution is 2.26. The molecule has 0 bridgehead atoms. The van der Waals surface area contributed by atoms with E-state index in [4.69, 9.17) is 0 Å². The molecule has 1 heterocycles. The van der Waals surface area contributed by atoms with Crippen molar-refractivity contribution in [2.45, 2.75) is 38.0 Å². The zero-order valence-electron chi connectivity index (χ0n) is 16.6. The second kappa shape index (κ2) is 9.65. The molecule has 0 aliphatic carbocycles. The predicted octanol–water partition coefficient (Wildman–Crippen LogP) is 2.36. The standard InChI is InChI=1S/C18H25FN6O2S/c1-11(2)20-17(27)21-15(26)10-28-18-23-22-16(12(3)24(4)5)25(18)14-8-6-13(19)7-9-14/h6-9,11-12H,10H2,1-5H3,(H2,20,21,26,27)/t12-/m1/s1. The normalized spacial score (nSPS) is 12.3.